The van der Waals surface area contributed by atoms with Crippen LogP contribution in [0.1, 0.15) is 39.2 Å². The quantitative estimate of drug-likeness (QED) is 0.421. The normalized spacial score (nSPS) is 24.9. The van der Waals surface area contributed by atoms with Gasteiger partial charge in [0.1, 0.15) is 6.79 Å². The first-order valence-corrected chi connectivity index (χ1v) is 9.50. The molecule has 0 aliphatic carbocycles. The fourth-order valence-corrected chi connectivity index (χ4v) is 3.40. The summed E-state index contributed by atoms with van der Waals surface area (Å²) in [6.07, 6.45) is 1.57. The van der Waals surface area contributed by atoms with Crippen molar-refractivity contribution in [2.75, 3.05) is 33.7 Å². The summed E-state index contributed by atoms with van der Waals surface area (Å²) in [5, 5.41) is 0.722. The number of rotatable bonds is 11. The molecule has 6 heteroatoms. The first-order chi connectivity index (χ1) is 12.4. The molecular weight excluding hydrogens is 356 g/mol. The van der Waals surface area contributed by atoms with Crippen LogP contribution < -0.4 is 0 Å². The second-order valence-electron chi connectivity index (χ2n) is 7.20. The zero-order valence-electron chi connectivity index (χ0n) is 16.3. The number of methoxy groups -OCH3 is 1. The van der Waals surface area contributed by atoms with E-state index in [1.54, 1.807) is 7.11 Å². The molecule has 0 radical (unpaired) electrons. The Hall–Kier alpha value is -0.690. The van der Waals surface area contributed by atoms with E-state index >= 15 is 0 Å². The molecule has 2 atom stereocenters. The van der Waals surface area contributed by atoms with Crippen molar-refractivity contribution in [3.05, 3.63) is 34.9 Å². The van der Waals surface area contributed by atoms with E-state index in [1.165, 1.54) is 0 Å². The maximum atomic E-state index is 6.38. The van der Waals surface area contributed by atoms with Gasteiger partial charge in [0.05, 0.1) is 43.7 Å². The molecule has 148 valence electrons. The third-order valence-corrected chi connectivity index (χ3v) is 5.19. The average molecular weight is 387 g/mol. The van der Waals surface area contributed by atoms with Crippen LogP contribution in [0.2, 0.25) is 5.02 Å². The van der Waals surface area contributed by atoms with Gasteiger partial charge < -0.3 is 23.7 Å². The first kappa shape index (κ1) is 21.6. The third-order valence-electron chi connectivity index (χ3n) is 4.82. The Morgan fingerprint density at radius 1 is 1.19 bits per heavy atom. The Bertz CT molecular complexity index is 551. The lowest BCUT2D eigenvalue weighted by atomic mass is 9.93. The summed E-state index contributed by atoms with van der Waals surface area (Å²) in [5.74, 6) is 0. The van der Waals surface area contributed by atoms with Crippen molar-refractivity contribution < 1.29 is 23.7 Å². The highest BCUT2D eigenvalue weighted by Crippen LogP contribution is 2.42. The molecule has 2 rings (SSSR count). The van der Waals surface area contributed by atoms with Gasteiger partial charge in [0.2, 0.25) is 0 Å². The van der Waals surface area contributed by atoms with E-state index in [1.807, 2.05) is 24.3 Å². The molecule has 0 amide bonds. The van der Waals surface area contributed by atoms with Gasteiger partial charge in [0.25, 0.3) is 0 Å². The van der Waals surface area contributed by atoms with Crippen LogP contribution >= 0.6 is 11.6 Å². The molecule has 0 N–H and O–H groups in total. The van der Waals surface area contributed by atoms with Crippen molar-refractivity contribution in [3.8, 4) is 0 Å². The van der Waals surface area contributed by atoms with Gasteiger partial charge in [-0.05, 0) is 31.9 Å². The van der Waals surface area contributed by atoms with Crippen LogP contribution in [0.5, 0.6) is 0 Å². The maximum Gasteiger partial charge on any atom is 0.147 e. The van der Waals surface area contributed by atoms with Gasteiger partial charge in [-0.1, -0.05) is 36.7 Å². The third kappa shape index (κ3) is 5.91. The summed E-state index contributed by atoms with van der Waals surface area (Å²) in [6.45, 7) is 8.51. The highest BCUT2D eigenvalue weighted by atomic mass is 35.5. The summed E-state index contributed by atoms with van der Waals surface area (Å²) in [7, 11) is 1.65. The van der Waals surface area contributed by atoms with E-state index in [9.17, 15) is 0 Å². The Morgan fingerprint density at radius 2 is 1.96 bits per heavy atom. The first-order valence-electron chi connectivity index (χ1n) is 9.12. The molecule has 5 nitrogen and oxygen atoms in total. The minimum absolute atomic E-state index is 0.0473. The zero-order chi connectivity index (χ0) is 19.0. The summed E-state index contributed by atoms with van der Waals surface area (Å²) >= 11 is 6.20. The molecule has 1 heterocycles. The molecule has 0 bridgehead atoms. The van der Waals surface area contributed by atoms with E-state index in [0.717, 1.165) is 23.4 Å². The Kier molecular flexibility index (Phi) is 8.33. The van der Waals surface area contributed by atoms with Gasteiger partial charge in [-0.2, -0.15) is 0 Å². The molecule has 1 aliphatic rings. The van der Waals surface area contributed by atoms with Crippen LogP contribution in [-0.4, -0.2) is 51.0 Å². The smallest absolute Gasteiger partial charge is 0.147 e. The number of hydrogen-bond acceptors (Lipinski definition) is 5. The number of ether oxygens (including phenoxy) is 5. The van der Waals surface area contributed by atoms with Crippen molar-refractivity contribution in [1.82, 2.24) is 0 Å². The standard InChI is InChI=1S/C20H31ClO5/c1-5-20(14-24-13-16-8-6-7-9-17(16)21)12-18(19(2,3)26-20)25-15-23-11-10-22-4/h6-9,18H,5,10-15H2,1-4H3. The van der Waals surface area contributed by atoms with Crippen LogP contribution in [0.3, 0.4) is 0 Å². The van der Waals surface area contributed by atoms with Crippen LogP contribution in [0.25, 0.3) is 0 Å². The average Bonchev–Trinajstić information content (AvgIpc) is 2.87. The largest absolute Gasteiger partial charge is 0.382 e. The molecule has 0 aromatic heterocycles. The molecule has 1 aliphatic heterocycles. The lowest BCUT2D eigenvalue weighted by molar-refractivity contribution is -0.160. The number of benzene rings is 1. The summed E-state index contributed by atoms with van der Waals surface area (Å²) in [5.41, 5.74) is 0.230. The second-order valence-corrected chi connectivity index (χ2v) is 7.61. The predicted molar refractivity (Wildman–Crippen MR) is 101 cm³/mol. The summed E-state index contributed by atoms with van der Waals surface area (Å²) in [4.78, 5) is 0. The predicted octanol–water partition coefficient (Wildman–Crippen LogP) is 4.21. The second kappa shape index (κ2) is 10.0. The lowest BCUT2D eigenvalue weighted by Gasteiger charge is -2.30. The van der Waals surface area contributed by atoms with Crippen molar-refractivity contribution in [3.63, 3.8) is 0 Å². The van der Waals surface area contributed by atoms with Gasteiger partial charge in [0.15, 0.2) is 0 Å². The van der Waals surface area contributed by atoms with E-state index < -0.39 is 5.60 Å². The molecule has 0 saturated carbocycles. The van der Waals surface area contributed by atoms with Crippen molar-refractivity contribution >= 4 is 11.6 Å². The number of halogens is 1. The number of hydrogen-bond donors (Lipinski definition) is 0. The van der Waals surface area contributed by atoms with E-state index in [-0.39, 0.29) is 18.5 Å². The highest BCUT2D eigenvalue weighted by molar-refractivity contribution is 6.31. The monoisotopic (exact) mass is 386 g/mol. The molecule has 1 aromatic carbocycles. The fraction of sp³-hybridized carbons (Fsp3) is 0.700. The van der Waals surface area contributed by atoms with Crippen molar-refractivity contribution in [1.29, 1.82) is 0 Å². The molecule has 1 saturated heterocycles. The highest BCUT2D eigenvalue weighted by Gasteiger charge is 2.51. The molecule has 2 unspecified atom stereocenters. The van der Waals surface area contributed by atoms with Gasteiger partial charge in [-0.25, -0.2) is 0 Å². The minimum atomic E-state index is -0.394. The maximum absolute atomic E-state index is 6.38. The van der Waals surface area contributed by atoms with Crippen LogP contribution in [0.4, 0.5) is 0 Å². The van der Waals surface area contributed by atoms with E-state index in [4.69, 9.17) is 35.3 Å². The Morgan fingerprint density at radius 3 is 2.65 bits per heavy atom. The van der Waals surface area contributed by atoms with Crippen molar-refractivity contribution in [2.45, 2.75) is 57.5 Å². The van der Waals surface area contributed by atoms with Crippen molar-refractivity contribution in [2.24, 2.45) is 0 Å². The van der Waals surface area contributed by atoms with Gasteiger partial charge in [-0.3, -0.25) is 0 Å². The molecule has 1 aromatic rings. The summed E-state index contributed by atoms with van der Waals surface area (Å²) in [6, 6.07) is 7.73. The van der Waals surface area contributed by atoms with Gasteiger partial charge in [-0.15, -0.1) is 0 Å². The van der Waals surface area contributed by atoms with Crippen LogP contribution in [0.15, 0.2) is 24.3 Å². The van der Waals surface area contributed by atoms with Gasteiger partial charge >= 0.3 is 0 Å². The molecule has 1 fully saturated rings. The Balaban J connectivity index is 1.86. The molecule has 0 spiro atoms. The van der Waals surface area contributed by atoms with E-state index in [2.05, 4.69) is 20.8 Å². The topological polar surface area (TPSA) is 46.2 Å². The fourth-order valence-electron chi connectivity index (χ4n) is 3.21. The zero-order valence-corrected chi connectivity index (χ0v) is 17.0. The van der Waals surface area contributed by atoms with Crippen LogP contribution in [-0.2, 0) is 30.3 Å². The van der Waals surface area contributed by atoms with Crippen LogP contribution in [0, 0.1) is 0 Å². The molecule has 26 heavy (non-hydrogen) atoms. The SMILES string of the molecule is CCC1(COCc2ccccc2Cl)CC(OCOCCOC)C(C)(C)O1. The minimum Gasteiger partial charge on any atom is -0.382 e. The summed E-state index contributed by atoms with van der Waals surface area (Å²) < 4.78 is 28.7. The van der Waals surface area contributed by atoms with Gasteiger partial charge in [0, 0.05) is 18.6 Å². The van der Waals surface area contributed by atoms with E-state index in [0.29, 0.717) is 26.4 Å². The Labute approximate surface area is 161 Å². The lowest BCUT2D eigenvalue weighted by Crippen LogP contribution is -2.37. The molecular formula is C20H31ClO5.